The van der Waals surface area contributed by atoms with Crippen molar-refractivity contribution in [3.63, 3.8) is 0 Å². The highest BCUT2D eigenvalue weighted by Crippen LogP contribution is 2.74. The van der Waals surface area contributed by atoms with Gasteiger partial charge in [0.2, 0.25) is 0 Å². The van der Waals surface area contributed by atoms with Crippen LogP contribution in [-0.4, -0.2) is 30.2 Å². The lowest BCUT2D eigenvalue weighted by atomic mass is 9.34. The SMILES string of the molecule is COC(=O)[C@]12CCC(C)(C)C[C@H]1[C@H]1C(=O)C=C3[C@@]4(C)C=C(C#N)C(=O)[C@@](C)(N)[C@@H]4CC[C@@]3(C)[C@]1(C)CC2. The van der Waals surface area contributed by atoms with Crippen molar-refractivity contribution >= 4 is 17.5 Å². The third-order valence-electron chi connectivity index (χ3n) is 12.2. The number of hydrogen-bond donors (Lipinski definition) is 1. The maximum atomic E-state index is 14.3. The van der Waals surface area contributed by atoms with Crippen LogP contribution in [-0.2, 0) is 19.1 Å². The highest BCUT2D eigenvalue weighted by Gasteiger charge is 2.71. The normalized spacial score (nSPS) is 48.2. The van der Waals surface area contributed by atoms with Gasteiger partial charge in [-0.3, -0.25) is 14.4 Å². The van der Waals surface area contributed by atoms with E-state index in [4.69, 9.17) is 10.5 Å². The summed E-state index contributed by atoms with van der Waals surface area (Å²) < 4.78 is 5.39. The molecule has 5 aliphatic carbocycles. The number of ketones is 2. The second-order valence-corrected chi connectivity index (χ2v) is 14.5. The fourth-order valence-electron chi connectivity index (χ4n) is 9.95. The summed E-state index contributed by atoms with van der Waals surface area (Å²) in [6.45, 7) is 12.9. The molecular formula is C31H42N2O4. The van der Waals surface area contributed by atoms with Gasteiger partial charge in [0, 0.05) is 11.3 Å². The minimum Gasteiger partial charge on any atom is -0.469 e. The van der Waals surface area contributed by atoms with Gasteiger partial charge in [-0.05, 0) is 86.0 Å². The topological polar surface area (TPSA) is 110 Å². The Hall–Kier alpha value is -2.26. The summed E-state index contributed by atoms with van der Waals surface area (Å²) in [6, 6.07) is 2.09. The molecule has 0 aliphatic heterocycles. The van der Waals surface area contributed by atoms with E-state index in [-0.39, 0.29) is 57.1 Å². The molecule has 37 heavy (non-hydrogen) atoms. The molecule has 0 heterocycles. The lowest BCUT2D eigenvalue weighted by Gasteiger charge is -2.68. The molecule has 0 amide bonds. The molecule has 0 saturated heterocycles. The van der Waals surface area contributed by atoms with Gasteiger partial charge in [-0.1, -0.05) is 46.3 Å². The van der Waals surface area contributed by atoms with Crippen LogP contribution in [0.2, 0.25) is 0 Å². The molecule has 0 spiro atoms. The molecule has 0 aromatic carbocycles. The van der Waals surface area contributed by atoms with Crippen LogP contribution in [0.4, 0.5) is 0 Å². The van der Waals surface area contributed by atoms with Gasteiger partial charge in [0.1, 0.15) is 6.07 Å². The van der Waals surface area contributed by atoms with Crippen molar-refractivity contribution in [3.8, 4) is 6.07 Å². The van der Waals surface area contributed by atoms with E-state index in [9.17, 15) is 19.6 Å². The maximum absolute atomic E-state index is 14.3. The van der Waals surface area contributed by atoms with E-state index in [0.717, 1.165) is 50.5 Å². The molecule has 5 rings (SSSR count). The standard InChI is InChI=1S/C31H42N2O4/c1-26(2)10-12-31(25(36)37-7)13-11-29(5)23(19(31)16-26)20(34)14-22-27(3)15-18(17-32)24(35)30(6,33)21(27)8-9-28(22,29)4/h14-15,19,21,23H,8-13,16,33H2,1-7H3/t19-,21+,23-,27-,28+,29+,30-,31-/m0/s1. The van der Waals surface area contributed by atoms with Crippen molar-refractivity contribution in [1.82, 2.24) is 0 Å². The van der Waals surface area contributed by atoms with E-state index in [1.165, 1.54) is 7.11 Å². The van der Waals surface area contributed by atoms with Crippen LogP contribution in [0.5, 0.6) is 0 Å². The number of nitriles is 1. The first kappa shape index (κ1) is 26.4. The minimum absolute atomic E-state index is 0.0464. The predicted octanol–water partition coefficient (Wildman–Crippen LogP) is 5.07. The fourth-order valence-corrected chi connectivity index (χ4v) is 9.95. The Balaban J connectivity index is 1.71. The molecule has 3 saturated carbocycles. The minimum atomic E-state index is -1.17. The number of ether oxygens (including phenoxy) is 1. The van der Waals surface area contributed by atoms with Crippen molar-refractivity contribution in [2.45, 2.75) is 92.0 Å². The Labute approximate surface area is 221 Å². The summed E-state index contributed by atoms with van der Waals surface area (Å²) >= 11 is 0. The van der Waals surface area contributed by atoms with Gasteiger partial charge >= 0.3 is 5.97 Å². The van der Waals surface area contributed by atoms with Crippen molar-refractivity contribution < 1.29 is 19.1 Å². The molecule has 0 unspecified atom stereocenters. The molecular weight excluding hydrogens is 464 g/mol. The molecule has 3 fully saturated rings. The molecule has 0 bridgehead atoms. The van der Waals surface area contributed by atoms with Crippen LogP contribution >= 0.6 is 0 Å². The molecule has 2 N–H and O–H groups in total. The average molecular weight is 507 g/mol. The van der Waals surface area contributed by atoms with Crippen molar-refractivity contribution in [3.05, 3.63) is 23.3 Å². The third-order valence-corrected chi connectivity index (χ3v) is 12.2. The summed E-state index contributed by atoms with van der Waals surface area (Å²) in [5, 5.41) is 9.81. The Bertz CT molecular complexity index is 1200. The molecule has 0 aromatic heterocycles. The number of rotatable bonds is 1. The van der Waals surface area contributed by atoms with Gasteiger partial charge in [-0.15, -0.1) is 0 Å². The number of nitrogens with zero attached hydrogens (tertiary/aromatic N) is 1. The monoisotopic (exact) mass is 506 g/mol. The van der Waals surface area contributed by atoms with Crippen molar-refractivity contribution in [1.29, 1.82) is 5.26 Å². The molecule has 5 aliphatic rings. The van der Waals surface area contributed by atoms with E-state index >= 15 is 0 Å². The first-order valence-electron chi connectivity index (χ1n) is 13.9. The van der Waals surface area contributed by atoms with E-state index in [0.29, 0.717) is 0 Å². The Morgan fingerprint density at radius 2 is 1.70 bits per heavy atom. The number of allylic oxidation sites excluding steroid dienone is 3. The Morgan fingerprint density at radius 1 is 1.05 bits per heavy atom. The quantitative estimate of drug-likeness (QED) is 0.497. The van der Waals surface area contributed by atoms with Gasteiger partial charge < -0.3 is 10.5 Å². The zero-order chi connectivity index (χ0) is 27.4. The first-order valence-corrected chi connectivity index (χ1v) is 13.9. The lowest BCUT2D eigenvalue weighted by Crippen LogP contribution is -2.68. The summed E-state index contributed by atoms with van der Waals surface area (Å²) in [7, 11) is 1.47. The van der Waals surface area contributed by atoms with E-state index in [1.807, 2.05) is 6.08 Å². The second kappa shape index (κ2) is 7.65. The largest absolute Gasteiger partial charge is 0.469 e. The number of carbonyl (C=O) groups is 3. The van der Waals surface area contributed by atoms with Crippen molar-refractivity contribution in [2.75, 3.05) is 7.11 Å². The predicted molar refractivity (Wildman–Crippen MR) is 140 cm³/mol. The van der Waals surface area contributed by atoms with Crippen LogP contribution in [0, 0.1) is 56.2 Å². The number of carbonyl (C=O) groups excluding carboxylic acids is 3. The van der Waals surface area contributed by atoms with Crippen molar-refractivity contribution in [2.24, 2.45) is 50.6 Å². The summed E-state index contributed by atoms with van der Waals surface area (Å²) in [5.74, 6) is -0.934. The fraction of sp³-hybridized carbons (Fsp3) is 0.742. The number of hydrogen-bond acceptors (Lipinski definition) is 6. The zero-order valence-corrected chi connectivity index (χ0v) is 23.5. The van der Waals surface area contributed by atoms with Gasteiger partial charge in [0.05, 0.1) is 23.6 Å². The van der Waals surface area contributed by atoms with Crippen LogP contribution < -0.4 is 5.73 Å². The Morgan fingerprint density at radius 3 is 2.32 bits per heavy atom. The molecule has 0 radical (unpaired) electrons. The second-order valence-electron chi connectivity index (χ2n) is 14.5. The molecule has 0 aromatic rings. The van der Waals surface area contributed by atoms with E-state index in [2.05, 4.69) is 40.7 Å². The molecule has 6 heteroatoms. The van der Waals surface area contributed by atoms with Gasteiger partial charge in [0.25, 0.3) is 0 Å². The molecule has 6 nitrogen and oxygen atoms in total. The van der Waals surface area contributed by atoms with Crippen LogP contribution in [0.1, 0.15) is 86.5 Å². The number of nitrogens with two attached hydrogens (primary N) is 1. The highest BCUT2D eigenvalue weighted by atomic mass is 16.5. The lowest BCUT2D eigenvalue weighted by molar-refractivity contribution is -0.190. The van der Waals surface area contributed by atoms with Gasteiger partial charge in [-0.2, -0.15) is 5.26 Å². The maximum Gasteiger partial charge on any atom is 0.312 e. The van der Waals surface area contributed by atoms with E-state index < -0.39 is 16.4 Å². The summed E-state index contributed by atoms with van der Waals surface area (Å²) in [5.41, 5.74) is 4.69. The van der Waals surface area contributed by atoms with Crippen LogP contribution in [0.25, 0.3) is 0 Å². The van der Waals surface area contributed by atoms with Gasteiger partial charge in [-0.25, -0.2) is 0 Å². The summed E-state index contributed by atoms with van der Waals surface area (Å²) in [4.78, 5) is 40.8. The zero-order valence-electron chi connectivity index (χ0n) is 23.5. The molecule has 200 valence electrons. The average Bonchev–Trinajstić information content (AvgIpc) is 2.82. The van der Waals surface area contributed by atoms with Gasteiger partial charge in [0.15, 0.2) is 11.6 Å². The smallest absolute Gasteiger partial charge is 0.312 e. The first-order chi connectivity index (χ1) is 17.0. The highest BCUT2D eigenvalue weighted by molar-refractivity contribution is 6.07. The number of methoxy groups -OCH3 is 1. The number of esters is 1. The number of Topliss-reactive ketones (excluding diaryl/α,β-unsaturated/α-hetero) is 1. The third kappa shape index (κ3) is 3.10. The Kier molecular flexibility index (Phi) is 5.45. The van der Waals surface area contributed by atoms with E-state index in [1.54, 1.807) is 13.0 Å². The molecule has 8 atom stereocenters. The van der Waals surface area contributed by atoms with Crippen LogP contribution in [0.15, 0.2) is 23.3 Å². The van der Waals surface area contributed by atoms with Crippen LogP contribution in [0.3, 0.4) is 0 Å². The summed E-state index contributed by atoms with van der Waals surface area (Å²) in [6.07, 6.45) is 9.20. The number of fused-ring (bicyclic) bond motifs is 7.